The van der Waals surface area contributed by atoms with Gasteiger partial charge in [-0.3, -0.25) is 4.90 Å². The molecule has 0 bridgehead atoms. The molecule has 0 spiro atoms. The molecule has 1 N–H and O–H groups in total. The molecule has 1 fully saturated rings. The van der Waals surface area contributed by atoms with Crippen molar-refractivity contribution in [1.29, 1.82) is 0 Å². The van der Waals surface area contributed by atoms with Crippen LogP contribution in [-0.4, -0.2) is 61.0 Å². The molecule has 2 aromatic carbocycles. The Hall–Kier alpha value is -3.91. The molecule has 190 valence electrons. The van der Waals surface area contributed by atoms with Crippen molar-refractivity contribution in [1.82, 2.24) is 10.2 Å². The molecule has 3 rings (SSSR count). The van der Waals surface area contributed by atoms with E-state index in [0.717, 1.165) is 11.1 Å². The summed E-state index contributed by atoms with van der Waals surface area (Å²) in [6, 6.07) is 13.6. The number of carbonyl (C=O) groups is 3. The summed E-state index contributed by atoms with van der Waals surface area (Å²) < 4.78 is 17.3. The van der Waals surface area contributed by atoms with E-state index in [9.17, 15) is 14.4 Å². The van der Waals surface area contributed by atoms with Gasteiger partial charge < -0.3 is 19.5 Å². The molecule has 2 amide bonds. The molecular weight excluding hydrogens is 460 g/mol. The third-order valence-corrected chi connectivity index (χ3v) is 5.72. The van der Waals surface area contributed by atoms with Crippen LogP contribution in [0.15, 0.2) is 73.8 Å². The number of urea groups is 1. The molecule has 8 heteroatoms. The predicted octanol–water partition coefficient (Wildman–Crippen LogP) is 4.18. The van der Waals surface area contributed by atoms with E-state index in [1.54, 1.807) is 36.4 Å². The summed E-state index contributed by atoms with van der Waals surface area (Å²) in [5, 5.41) is 2.72. The van der Waals surface area contributed by atoms with Gasteiger partial charge in [0.15, 0.2) is 0 Å². The number of ether oxygens (including phenoxy) is 3. The number of rotatable bonds is 10. The molecule has 1 aliphatic rings. The molecule has 1 saturated heterocycles. The van der Waals surface area contributed by atoms with Crippen LogP contribution in [0.25, 0.3) is 0 Å². The number of hydrogen-bond acceptors (Lipinski definition) is 6. The van der Waals surface area contributed by atoms with Gasteiger partial charge in [-0.15, -0.1) is 13.2 Å². The quantitative estimate of drug-likeness (QED) is 0.395. The van der Waals surface area contributed by atoms with Crippen molar-refractivity contribution in [3.05, 3.63) is 96.1 Å². The molecule has 2 aromatic rings. The minimum Gasteiger partial charge on any atom is -0.459 e. The monoisotopic (exact) mass is 492 g/mol. The van der Waals surface area contributed by atoms with Gasteiger partial charge in [-0.25, -0.2) is 14.4 Å². The lowest BCUT2D eigenvalue weighted by Crippen LogP contribution is -2.46. The number of nitrogens with one attached hydrogen (secondary N) is 1. The summed E-state index contributed by atoms with van der Waals surface area (Å²) in [7, 11) is 0. The molecular formula is C28H32N2O6. The summed E-state index contributed by atoms with van der Waals surface area (Å²) in [4.78, 5) is 39.5. The summed E-state index contributed by atoms with van der Waals surface area (Å²) in [5.74, 6) is -1.04. The fourth-order valence-corrected chi connectivity index (χ4v) is 3.72. The maximum Gasteiger partial charge on any atom is 0.338 e. The number of nitrogens with zero attached hydrogens (tertiary/aromatic N) is 1. The molecule has 0 aromatic heterocycles. The number of hydrogen-bond donors (Lipinski definition) is 1. The first kappa shape index (κ1) is 26.7. The lowest BCUT2D eigenvalue weighted by atomic mass is 10.1. The highest BCUT2D eigenvalue weighted by Gasteiger charge is 2.42. The van der Waals surface area contributed by atoms with Crippen LogP contribution in [0.1, 0.15) is 38.3 Å². The van der Waals surface area contributed by atoms with Crippen LogP contribution in [0.2, 0.25) is 0 Å². The first-order valence-corrected chi connectivity index (χ1v) is 11.8. The van der Waals surface area contributed by atoms with Gasteiger partial charge in [-0.05, 0) is 38.1 Å². The lowest BCUT2D eigenvalue weighted by Gasteiger charge is -2.27. The largest absolute Gasteiger partial charge is 0.459 e. The van der Waals surface area contributed by atoms with Crippen molar-refractivity contribution < 1.29 is 28.6 Å². The van der Waals surface area contributed by atoms with E-state index in [1.165, 1.54) is 4.90 Å². The second kappa shape index (κ2) is 12.7. The highest BCUT2D eigenvalue weighted by Crippen LogP contribution is 2.28. The van der Waals surface area contributed by atoms with Crippen molar-refractivity contribution >= 4 is 18.0 Å². The van der Waals surface area contributed by atoms with Gasteiger partial charge in [0.25, 0.3) is 0 Å². The maximum atomic E-state index is 12.8. The molecule has 3 atom stereocenters. The highest BCUT2D eigenvalue weighted by atomic mass is 16.6. The topological polar surface area (TPSA) is 94.2 Å². The molecule has 36 heavy (non-hydrogen) atoms. The lowest BCUT2D eigenvalue weighted by molar-refractivity contribution is -0.0697. The van der Waals surface area contributed by atoms with Crippen LogP contribution in [0.3, 0.4) is 0 Å². The summed E-state index contributed by atoms with van der Waals surface area (Å²) in [6.45, 7) is 11.5. The number of carbonyl (C=O) groups excluding carboxylic acids is 3. The van der Waals surface area contributed by atoms with Gasteiger partial charge >= 0.3 is 18.0 Å². The fourth-order valence-electron chi connectivity index (χ4n) is 3.72. The Kier molecular flexibility index (Phi) is 9.41. The Morgan fingerprint density at radius 2 is 1.56 bits per heavy atom. The van der Waals surface area contributed by atoms with Crippen LogP contribution in [-0.2, 0) is 14.2 Å². The van der Waals surface area contributed by atoms with Gasteiger partial charge in [0, 0.05) is 19.5 Å². The number of aryl methyl sites for hydroxylation is 2. The first-order chi connectivity index (χ1) is 17.3. The Morgan fingerprint density at radius 3 is 2.11 bits per heavy atom. The summed E-state index contributed by atoms with van der Waals surface area (Å²) >= 11 is 0. The van der Waals surface area contributed by atoms with Gasteiger partial charge in [0.1, 0.15) is 25.0 Å². The van der Waals surface area contributed by atoms with Gasteiger partial charge in [0.05, 0.1) is 11.1 Å². The minimum absolute atomic E-state index is 0.148. The van der Waals surface area contributed by atoms with Crippen LogP contribution < -0.4 is 5.32 Å². The van der Waals surface area contributed by atoms with E-state index >= 15 is 0 Å². The SMILES string of the molecule is C=CCNC(=O)N(CC=C)[C@H]1CC(OC(=O)c2ccc(C)cc2)[C@@H](COC(=O)c2ccc(C)cc2)O1. The van der Waals surface area contributed by atoms with Gasteiger partial charge in [-0.1, -0.05) is 47.5 Å². The Bertz CT molecular complexity index is 1080. The van der Waals surface area contributed by atoms with E-state index in [2.05, 4.69) is 18.5 Å². The van der Waals surface area contributed by atoms with Gasteiger partial charge in [0.2, 0.25) is 0 Å². The summed E-state index contributed by atoms with van der Waals surface area (Å²) in [6.07, 6.45) is 1.13. The van der Waals surface area contributed by atoms with Crippen LogP contribution in [0.5, 0.6) is 0 Å². The smallest absolute Gasteiger partial charge is 0.338 e. The predicted molar refractivity (Wildman–Crippen MR) is 136 cm³/mol. The molecule has 0 aliphatic carbocycles. The van der Waals surface area contributed by atoms with Gasteiger partial charge in [-0.2, -0.15) is 0 Å². The van der Waals surface area contributed by atoms with E-state index in [4.69, 9.17) is 14.2 Å². The zero-order valence-corrected chi connectivity index (χ0v) is 20.6. The third-order valence-electron chi connectivity index (χ3n) is 5.72. The van der Waals surface area contributed by atoms with Crippen LogP contribution in [0.4, 0.5) is 4.79 Å². The molecule has 8 nitrogen and oxygen atoms in total. The van der Waals surface area contributed by atoms with E-state index in [1.807, 2.05) is 38.1 Å². The van der Waals surface area contributed by atoms with Crippen molar-refractivity contribution in [2.75, 3.05) is 19.7 Å². The van der Waals surface area contributed by atoms with Crippen LogP contribution in [0, 0.1) is 13.8 Å². The summed E-state index contributed by atoms with van der Waals surface area (Å²) in [5.41, 5.74) is 2.84. The number of esters is 2. The molecule has 1 aliphatic heterocycles. The Balaban J connectivity index is 1.75. The highest BCUT2D eigenvalue weighted by molar-refractivity contribution is 5.90. The minimum atomic E-state index is -0.765. The normalized spacial score (nSPS) is 18.7. The molecule has 0 radical (unpaired) electrons. The van der Waals surface area contributed by atoms with Crippen LogP contribution >= 0.6 is 0 Å². The molecule has 0 saturated carbocycles. The average molecular weight is 493 g/mol. The molecule has 1 heterocycles. The van der Waals surface area contributed by atoms with Crippen molar-refractivity contribution in [2.45, 2.75) is 38.7 Å². The van der Waals surface area contributed by atoms with Crippen molar-refractivity contribution in [2.24, 2.45) is 0 Å². The zero-order chi connectivity index (χ0) is 26.1. The third kappa shape index (κ3) is 7.05. The Morgan fingerprint density at radius 1 is 0.972 bits per heavy atom. The number of benzene rings is 2. The number of amides is 2. The van der Waals surface area contributed by atoms with E-state index in [-0.39, 0.29) is 32.1 Å². The van der Waals surface area contributed by atoms with Crippen molar-refractivity contribution in [3.8, 4) is 0 Å². The van der Waals surface area contributed by atoms with Crippen molar-refractivity contribution in [3.63, 3.8) is 0 Å². The molecule has 1 unspecified atom stereocenters. The van der Waals surface area contributed by atoms with E-state index in [0.29, 0.717) is 11.1 Å². The second-order valence-electron chi connectivity index (χ2n) is 8.55. The zero-order valence-electron chi connectivity index (χ0n) is 20.6. The maximum absolute atomic E-state index is 12.8. The average Bonchev–Trinajstić information content (AvgIpc) is 3.27. The van der Waals surface area contributed by atoms with E-state index < -0.39 is 30.4 Å². The Labute approximate surface area is 211 Å². The second-order valence-corrected chi connectivity index (χ2v) is 8.55. The fraction of sp³-hybridized carbons (Fsp3) is 0.321. The standard InChI is InChI=1S/C28H32N2O6/c1-5-15-29-28(33)30(16-6-2)25-17-23(36-27(32)22-13-9-20(4)10-14-22)24(35-25)18-34-26(31)21-11-7-19(3)8-12-21/h5-14,23-25H,1-2,15-18H2,3-4H3,(H,29,33)/t23?,24-,25-/m1/s1. The first-order valence-electron chi connectivity index (χ1n) is 11.8.